The lowest BCUT2D eigenvalue weighted by Crippen LogP contribution is -2.38. The Kier molecular flexibility index (Phi) is 6.60. The number of benzene rings is 1. The lowest BCUT2D eigenvalue weighted by molar-refractivity contribution is 0.0867. The van der Waals surface area contributed by atoms with Gasteiger partial charge in [0, 0.05) is 30.5 Å². The molecule has 0 bridgehead atoms. The second-order valence-electron chi connectivity index (χ2n) is 6.94. The molecule has 1 fully saturated rings. The number of hydrogen-bond donors (Lipinski definition) is 3. The second kappa shape index (κ2) is 9.32. The third kappa shape index (κ3) is 5.07. The number of pyridine rings is 1. The van der Waals surface area contributed by atoms with Gasteiger partial charge in [-0.25, -0.2) is 0 Å². The van der Waals surface area contributed by atoms with Crippen molar-refractivity contribution >= 4 is 11.8 Å². The molecule has 148 valence electrons. The molecule has 3 N–H and O–H groups in total. The van der Waals surface area contributed by atoms with Crippen molar-refractivity contribution in [2.24, 2.45) is 0 Å². The zero-order valence-corrected chi connectivity index (χ0v) is 15.9. The van der Waals surface area contributed by atoms with E-state index >= 15 is 0 Å². The molecule has 3 rings (SSSR count). The Morgan fingerprint density at radius 2 is 1.96 bits per heavy atom. The van der Waals surface area contributed by atoms with E-state index in [9.17, 15) is 14.7 Å². The maximum absolute atomic E-state index is 12.6. The van der Waals surface area contributed by atoms with E-state index in [1.807, 2.05) is 6.07 Å². The highest BCUT2D eigenvalue weighted by molar-refractivity contribution is 6.01. The first-order valence-electron chi connectivity index (χ1n) is 9.41. The van der Waals surface area contributed by atoms with E-state index in [1.165, 1.54) is 7.11 Å². The number of aliphatic hydroxyl groups excluding tert-OH is 1. The summed E-state index contributed by atoms with van der Waals surface area (Å²) < 4.78 is 5.28. The summed E-state index contributed by atoms with van der Waals surface area (Å²) in [6.45, 7) is 0.330. The summed E-state index contributed by atoms with van der Waals surface area (Å²) in [6.07, 6.45) is 5.96. The van der Waals surface area contributed by atoms with Crippen LogP contribution in [0.15, 0.2) is 42.7 Å². The van der Waals surface area contributed by atoms with Crippen LogP contribution in [-0.4, -0.2) is 41.2 Å². The van der Waals surface area contributed by atoms with Gasteiger partial charge in [-0.3, -0.25) is 14.6 Å². The van der Waals surface area contributed by atoms with Crippen molar-refractivity contribution in [3.8, 4) is 5.75 Å². The summed E-state index contributed by atoms with van der Waals surface area (Å²) in [7, 11) is 1.49. The predicted octanol–water partition coefficient (Wildman–Crippen LogP) is 2.05. The van der Waals surface area contributed by atoms with Crippen molar-refractivity contribution < 1.29 is 19.4 Å². The fourth-order valence-corrected chi connectivity index (χ4v) is 3.30. The smallest absolute Gasteiger partial charge is 0.255 e. The van der Waals surface area contributed by atoms with Crippen LogP contribution < -0.4 is 15.4 Å². The minimum absolute atomic E-state index is 0.0425. The topological polar surface area (TPSA) is 101 Å². The molecular formula is C21H25N3O4. The highest BCUT2D eigenvalue weighted by Crippen LogP contribution is 2.22. The van der Waals surface area contributed by atoms with E-state index in [0.29, 0.717) is 36.3 Å². The Hall–Kier alpha value is -2.93. The minimum atomic E-state index is -0.323. The summed E-state index contributed by atoms with van der Waals surface area (Å²) in [4.78, 5) is 29.2. The molecule has 0 aliphatic heterocycles. The summed E-state index contributed by atoms with van der Waals surface area (Å²) in [5, 5.41) is 15.4. The zero-order valence-electron chi connectivity index (χ0n) is 15.9. The van der Waals surface area contributed by atoms with Gasteiger partial charge in [-0.15, -0.1) is 0 Å². The van der Waals surface area contributed by atoms with Crippen LogP contribution in [0.1, 0.15) is 52.0 Å². The first-order valence-corrected chi connectivity index (χ1v) is 9.41. The number of nitrogens with one attached hydrogen (secondary N) is 2. The van der Waals surface area contributed by atoms with Crippen LogP contribution in [-0.2, 0) is 6.54 Å². The van der Waals surface area contributed by atoms with Crippen molar-refractivity contribution in [2.75, 3.05) is 7.11 Å². The number of amides is 2. The van der Waals surface area contributed by atoms with Crippen molar-refractivity contribution in [3.63, 3.8) is 0 Å². The molecule has 28 heavy (non-hydrogen) atoms. The molecule has 1 heterocycles. The Morgan fingerprint density at radius 3 is 2.64 bits per heavy atom. The van der Waals surface area contributed by atoms with Gasteiger partial charge in [-0.2, -0.15) is 0 Å². The zero-order chi connectivity index (χ0) is 19.9. The maximum atomic E-state index is 12.6. The Labute approximate surface area is 164 Å². The summed E-state index contributed by atoms with van der Waals surface area (Å²) >= 11 is 0. The van der Waals surface area contributed by atoms with Gasteiger partial charge < -0.3 is 20.5 Å². The number of rotatable bonds is 6. The lowest BCUT2D eigenvalue weighted by Gasteiger charge is -2.26. The molecule has 0 radical (unpaired) electrons. The average Bonchev–Trinajstić information content (AvgIpc) is 2.74. The fourth-order valence-electron chi connectivity index (χ4n) is 3.30. The molecule has 0 atom stereocenters. The van der Waals surface area contributed by atoms with Gasteiger partial charge in [0.1, 0.15) is 5.75 Å². The third-order valence-electron chi connectivity index (χ3n) is 4.91. The second-order valence-corrected chi connectivity index (χ2v) is 6.94. The molecule has 7 nitrogen and oxygen atoms in total. The molecule has 1 aromatic carbocycles. The summed E-state index contributed by atoms with van der Waals surface area (Å²) in [5.74, 6) is -0.150. The molecule has 0 unspecified atom stereocenters. The lowest BCUT2D eigenvalue weighted by atomic mass is 9.93. The highest BCUT2D eigenvalue weighted by atomic mass is 16.5. The first kappa shape index (κ1) is 19.8. The standard InChI is InChI=1S/C21H25N3O4/c1-28-19-9-4-15(20(26)24-16-5-7-17(25)8-6-16)11-18(19)21(27)23-13-14-3-2-10-22-12-14/h2-4,9-12,16-17,25H,5-8,13H2,1H3,(H,23,27)(H,24,26)/t16-,17-. The minimum Gasteiger partial charge on any atom is -0.496 e. The van der Waals surface area contributed by atoms with Gasteiger partial charge in [-0.1, -0.05) is 6.07 Å². The van der Waals surface area contributed by atoms with E-state index < -0.39 is 0 Å². The summed E-state index contributed by atoms with van der Waals surface area (Å²) in [6, 6.07) is 8.53. The van der Waals surface area contributed by atoms with E-state index in [0.717, 1.165) is 18.4 Å². The number of carbonyl (C=O) groups excluding carboxylic acids is 2. The average molecular weight is 383 g/mol. The number of methoxy groups -OCH3 is 1. The van der Waals surface area contributed by atoms with E-state index in [4.69, 9.17) is 4.74 Å². The Morgan fingerprint density at radius 1 is 1.18 bits per heavy atom. The van der Waals surface area contributed by atoms with Gasteiger partial charge in [0.15, 0.2) is 0 Å². The molecule has 1 aliphatic rings. The van der Waals surface area contributed by atoms with Crippen molar-refractivity contribution in [3.05, 3.63) is 59.4 Å². The molecular weight excluding hydrogens is 358 g/mol. The molecule has 7 heteroatoms. The predicted molar refractivity (Wildman–Crippen MR) is 104 cm³/mol. The molecule has 0 saturated heterocycles. The number of hydrogen-bond acceptors (Lipinski definition) is 5. The number of ether oxygens (including phenoxy) is 1. The number of carbonyl (C=O) groups is 2. The van der Waals surface area contributed by atoms with Crippen LogP contribution in [0.5, 0.6) is 5.75 Å². The van der Waals surface area contributed by atoms with Crippen molar-refractivity contribution in [1.82, 2.24) is 15.6 Å². The van der Waals surface area contributed by atoms with Crippen LogP contribution in [0.3, 0.4) is 0 Å². The van der Waals surface area contributed by atoms with E-state index in [1.54, 1.807) is 36.7 Å². The maximum Gasteiger partial charge on any atom is 0.255 e. The van der Waals surface area contributed by atoms with Crippen LogP contribution in [0, 0.1) is 0 Å². The number of nitrogens with zero attached hydrogens (tertiary/aromatic N) is 1. The SMILES string of the molecule is COc1ccc(C(=O)N[C@H]2CC[C@H](O)CC2)cc1C(=O)NCc1cccnc1. The van der Waals surface area contributed by atoms with Crippen molar-refractivity contribution in [1.29, 1.82) is 0 Å². The van der Waals surface area contributed by atoms with Gasteiger partial charge in [-0.05, 0) is 55.5 Å². The first-order chi connectivity index (χ1) is 13.6. The van der Waals surface area contributed by atoms with Crippen LogP contribution >= 0.6 is 0 Å². The summed E-state index contributed by atoms with van der Waals surface area (Å²) in [5.41, 5.74) is 1.58. The fraction of sp³-hybridized carbons (Fsp3) is 0.381. The molecule has 1 aliphatic carbocycles. The van der Waals surface area contributed by atoms with Gasteiger partial charge in [0.05, 0.1) is 18.8 Å². The molecule has 1 aromatic heterocycles. The largest absolute Gasteiger partial charge is 0.496 e. The molecule has 2 aromatic rings. The van der Waals surface area contributed by atoms with Crippen molar-refractivity contribution in [2.45, 2.75) is 44.4 Å². The monoisotopic (exact) mass is 383 g/mol. The van der Waals surface area contributed by atoms with Crippen LogP contribution in [0.25, 0.3) is 0 Å². The number of aliphatic hydroxyl groups is 1. The van der Waals surface area contributed by atoms with E-state index in [-0.39, 0.29) is 24.0 Å². The Bertz CT molecular complexity index is 818. The van der Waals surface area contributed by atoms with Gasteiger partial charge in [0.2, 0.25) is 0 Å². The van der Waals surface area contributed by atoms with Gasteiger partial charge in [0.25, 0.3) is 11.8 Å². The molecule has 1 saturated carbocycles. The number of aromatic nitrogens is 1. The molecule has 0 spiro atoms. The highest BCUT2D eigenvalue weighted by Gasteiger charge is 2.22. The van der Waals surface area contributed by atoms with Crippen LogP contribution in [0.2, 0.25) is 0 Å². The normalized spacial score (nSPS) is 18.9. The third-order valence-corrected chi connectivity index (χ3v) is 4.91. The quantitative estimate of drug-likeness (QED) is 0.709. The van der Waals surface area contributed by atoms with Gasteiger partial charge >= 0.3 is 0 Å². The van der Waals surface area contributed by atoms with E-state index in [2.05, 4.69) is 15.6 Å². The Balaban J connectivity index is 1.68. The molecule has 2 amide bonds. The van der Waals surface area contributed by atoms with Crippen LogP contribution in [0.4, 0.5) is 0 Å².